The third kappa shape index (κ3) is 7.07. The van der Waals surface area contributed by atoms with E-state index in [0.29, 0.717) is 12.5 Å². The summed E-state index contributed by atoms with van der Waals surface area (Å²) in [5.74, 6) is 0.348. The minimum absolute atomic E-state index is 0.348. The van der Waals surface area contributed by atoms with Crippen LogP contribution in [0.25, 0.3) is 0 Å². The average molecular weight is 223 g/mol. The maximum absolute atomic E-state index is 11.9. The molecule has 0 fully saturated rings. The van der Waals surface area contributed by atoms with Crippen LogP contribution in [0.4, 0.5) is 8.78 Å². The molecule has 90 valence electrons. The molecule has 0 aliphatic carbocycles. The Kier molecular flexibility index (Phi) is 6.15. The van der Waals surface area contributed by atoms with Crippen LogP contribution in [0.5, 0.6) is 0 Å². The molecule has 0 aromatic carbocycles. The zero-order chi connectivity index (χ0) is 11.9. The van der Waals surface area contributed by atoms with Gasteiger partial charge < -0.3 is 15.4 Å². The Morgan fingerprint density at radius 1 is 1.40 bits per heavy atom. The van der Waals surface area contributed by atoms with Crippen LogP contribution >= 0.6 is 0 Å². The van der Waals surface area contributed by atoms with Crippen LogP contribution in [-0.4, -0.2) is 45.2 Å². The van der Waals surface area contributed by atoms with Gasteiger partial charge in [-0.25, -0.2) is 8.78 Å². The minimum Gasteiger partial charge on any atom is -0.377 e. The number of ether oxygens (including phenoxy) is 1. The molecule has 0 saturated heterocycles. The number of halogens is 2. The van der Waals surface area contributed by atoms with Crippen LogP contribution in [0.1, 0.15) is 13.8 Å². The molecular weight excluding hydrogens is 204 g/mol. The summed E-state index contributed by atoms with van der Waals surface area (Å²) in [6, 6.07) is 0. The van der Waals surface area contributed by atoms with Crippen molar-refractivity contribution in [2.75, 3.05) is 27.2 Å². The number of nitrogens with zero attached hydrogens (tertiary/aromatic N) is 1. The molecule has 0 radical (unpaired) electrons. The molecule has 0 aromatic rings. The third-order valence-electron chi connectivity index (χ3n) is 1.88. The Morgan fingerprint density at radius 3 is 2.40 bits per heavy atom. The van der Waals surface area contributed by atoms with Gasteiger partial charge in [0.15, 0.2) is 5.96 Å². The standard InChI is InChI=1S/C9H19F2N3O/c1-9(2,15-4)6-14-8(12-3)13-5-7(10)11/h7H,5-6H2,1-4H3,(H2,12,13,14). The number of hydrogen-bond donors (Lipinski definition) is 2. The van der Waals surface area contributed by atoms with Crippen molar-refractivity contribution in [2.45, 2.75) is 25.9 Å². The van der Waals surface area contributed by atoms with Crippen molar-refractivity contribution in [1.29, 1.82) is 0 Å². The summed E-state index contributed by atoms with van der Waals surface area (Å²) in [6.45, 7) is 3.86. The summed E-state index contributed by atoms with van der Waals surface area (Å²) < 4.78 is 29.0. The predicted molar refractivity (Wildman–Crippen MR) is 56.5 cm³/mol. The first-order valence-electron chi connectivity index (χ1n) is 4.69. The van der Waals surface area contributed by atoms with Crippen molar-refractivity contribution in [3.8, 4) is 0 Å². The molecule has 0 aromatic heterocycles. The molecule has 2 N–H and O–H groups in total. The van der Waals surface area contributed by atoms with Gasteiger partial charge in [-0.15, -0.1) is 0 Å². The van der Waals surface area contributed by atoms with Crippen LogP contribution in [0, 0.1) is 0 Å². The lowest BCUT2D eigenvalue weighted by molar-refractivity contribution is 0.0268. The van der Waals surface area contributed by atoms with E-state index in [0.717, 1.165) is 0 Å². The van der Waals surface area contributed by atoms with Crippen LogP contribution in [0.3, 0.4) is 0 Å². The number of methoxy groups -OCH3 is 1. The second-order valence-electron chi connectivity index (χ2n) is 3.66. The molecule has 0 amide bonds. The van der Waals surface area contributed by atoms with E-state index >= 15 is 0 Å². The van der Waals surface area contributed by atoms with Gasteiger partial charge in [0.05, 0.1) is 12.1 Å². The lowest BCUT2D eigenvalue weighted by Crippen LogP contribution is -2.46. The van der Waals surface area contributed by atoms with Gasteiger partial charge in [0.25, 0.3) is 6.43 Å². The normalized spacial score (nSPS) is 13.1. The zero-order valence-electron chi connectivity index (χ0n) is 9.60. The summed E-state index contributed by atoms with van der Waals surface area (Å²) >= 11 is 0. The maximum Gasteiger partial charge on any atom is 0.255 e. The summed E-state index contributed by atoms with van der Waals surface area (Å²) in [4.78, 5) is 3.80. The number of guanidine groups is 1. The SMILES string of the molecule is CN=C(NCC(F)F)NCC(C)(C)OC. The highest BCUT2D eigenvalue weighted by atomic mass is 19.3. The first kappa shape index (κ1) is 14.1. The van der Waals surface area contributed by atoms with Crippen molar-refractivity contribution in [2.24, 2.45) is 4.99 Å². The first-order chi connectivity index (χ1) is 6.91. The molecule has 0 saturated carbocycles. The Labute approximate surface area is 89.1 Å². The second-order valence-corrected chi connectivity index (χ2v) is 3.66. The van der Waals surface area contributed by atoms with Crippen LogP contribution in [0.15, 0.2) is 4.99 Å². The van der Waals surface area contributed by atoms with Gasteiger partial charge in [0.1, 0.15) is 0 Å². The quantitative estimate of drug-likeness (QED) is 0.536. The molecule has 4 nitrogen and oxygen atoms in total. The highest BCUT2D eigenvalue weighted by molar-refractivity contribution is 5.79. The summed E-state index contributed by atoms with van der Waals surface area (Å²) in [5.41, 5.74) is -0.359. The van der Waals surface area contributed by atoms with E-state index in [1.165, 1.54) is 7.05 Å². The lowest BCUT2D eigenvalue weighted by Gasteiger charge is -2.24. The molecule has 0 spiro atoms. The Balaban J connectivity index is 3.92. The number of alkyl halides is 2. The molecule has 0 heterocycles. The van der Waals surface area contributed by atoms with E-state index in [2.05, 4.69) is 15.6 Å². The van der Waals surface area contributed by atoms with Gasteiger partial charge in [0, 0.05) is 20.7 Å². The van der Waals surface area contributed by atoms with E-state index in [1.807, 2.05) is 13.8 Å². The largest absolute Gasteiger partial charge is 0.377 e. The van der Waals surface area contributed by atoms with Crippen molar-refractivity contribution in [3.05, 3.63) is 0 Å². The number of nitrogens with one attached hydrogen (secondary N) is 2. The summed E-state index contributed by atoms with van der Waals surface area (Å²) in [7, 11) is 3.12. The molecule has 15 heavy (non-hydrogen) atoms. The highest BCUT2D eigenvalue weighted by Gasteiger charge is 2.16. The first-order valence-corrected chi connectivity index (χ1v) is 4.69. The van der Waals surface area contributed by atoms with Gasteiger partial charge in [-0.2, -0.15) is 0 Å². The fraction of sp³-hybridized carbons (Fsp3) is 0.889. The van der Waals surface area contributed by atoms with Gasteiger partial charge in [0.2, 0.25) is 0 Å². The second kappa shape index (κ2) is 6.55. The fourth-order valence-electron chi connectivity index (χ4n) is 0.763. The number of hydrogen-bond acceptors (Lipinski definition) is 2. The zero-order valence-corrected chi connectivity index (χ0v) is 9.60. The minimum atomic E-state index is -2.39. The summed E-state index contributed by atoms with van der Waals surface area (Å²) in [5, 5.41) is 5.40. The smallest absolute Gasteiger partial charge is 0.255 e. The number of rotatable bonds is 5. The number of aliphatic imine (C=N–C) groups is 1. The topological polar surface area (TPSA) is 45.7 Å². The van der Waals surface area contributed by atoms with Gasteiger partial charge in [-0.05, 0) is 13.8 Å². The predicted octanol–water partition coefficient (Wildman–Crippen LogP) is 0.841. The molecule has 0 aliphatic heterocycles. The van der Waals surface area contributed by atoms with Crippen molar-refractivity contribution in [1.82, 2.24) is 10.6 Å². The van der Waals surface area contributed by atoms with Gasteiger partial charge in [-0.1, -0.05) is 0 Å². The third-order valence-corrected chi connectivity index (χ3v) is 1.88. The molecule has 0 unspecified atom stereocenters. The van der Waals surface area contributed by atoms with Crippen LogP contribution in [-0.2, 0) is 4.74 Å². The van der Waals surface area contributed by atoms with Crippen molar-refractivity contribution >= 4 is 5.96 Å². The Morgan fingerprint density at radius 2 is 2.00 bits per heavy atom. The van der Waals surface area contributed by atoms with E-state index in [1.54, 1.807) is 7.11 Å². The van der Waals surface area contributed by atoms with Gasteiger partial charge >= 0.3 is 0 Å². The Bertz CT molecular complexity index is 208. The molecule has 0 bridgehead atoms. The maximum atomic E-state index is 11.9. The molecule has 0 aliphatic rings. The van der Waals surface area contributed by atoms with Crippen molar-refractivity contribution < 1.29 is 13.5 Å². The summed E-state index contributed by atoms with van der Waals surface area (Å²) in [6.07, 6.45) is -2.39. The van der Waals surface area contributed by atoms with E-state index in [9.17, 15) is 8.78 Å². The van der Waals surface area contributed by atoms with Crippen LogP contribution < -0.4 is 10.6 Å². The Hall–Kier alpha value is -0.910. The lowest BCUT2D eigenvalue weighted by atomic mass is 10.1. The van der Waals surface area contributed by atoms with E-state index in [4.69, 9.17) is 4.74 Å². The van der Waals surface area contributed by atoms with Crippen molar-refractivity contribution in [3.63, 3.8) is 0 Å². The average Bonchev–Trinajstić information content (AvgIpc) is 2.18. The van der Waals surface area contributed by atoms with E-state index < -0.39 is 13.0 Å². The molecule has 0 atom stereocenters. The van der Waals surface area contributed by atoms with Crippen LogP contribution in [0.2, 0.25) is 0 Å². The monoisotopic (exact) mass is 223 g/mol. The van der Waals surface area contributed by atoms with E-state index in [-0.39, 0.29) is 5.60 Å². The van der Waals surface area contributed by atoms with Gasteiger partial charge in [-0.3, -0.25) is 4.99 Å². The molecule has 0 rings (SSSR count). The molecule has 6 heteroatoms. The fourth-order valence-corrected chi connectivity index (χ4v) is 0.763. The molecular formula is C9H19F2N3O. The highest BCUT2D eigenvalue weighted by Crippen LogP contribution is 2.04.